The third-order valence-corrected chi connectivity index (χ3v) is 2.55. The first kappa shape index (κ1) is 14.3. The molecule has 0 heterocycles. The quantitative estimate of drug-likeness (QED) is 0.865. The van der Waals surface area contributed by atoms with Crippen LogP contribution in [0.25, 0.3) is 0 Å². The molecule has 0 aromatic heterocycles. The Hall–Kier alpha value is -1.76. The summed E-state index contributed by atoms with van der Waals surface area (Å²) in [5.74, 6) is -1.96. The van der Waals surface area contributed by atoms with Crippen LogP contribution in [0.3, 0.4) is 0 Å². The van der Waals surface area contributed by atoms with Gasteiger partial charge in [-0.2, -0.15) is 13.2 Å². The summed E-state index contributed by atoms with van der Waals surface area (Å²) < 4.78 is 43.1. The predicted octanol–water partition coefficient (Wildman–Crippen LogP) is 1.58. The molecule has 1 aromatic carbocycles. The van der Waals surface area contributed by atoms with E-state index in [9.17, 15) is 18.0 Å². The summed E-state index contributed by atoms with van der Waals surface area (Å²) in [6, 6.07) is 5.83. The standard InChI is InChI=1S/C11H12F3NO3/c1-18-8-5-3-2-4-7(8)6-10(15,9(16)17)11(12,13)14/h2-5H,6,15H2,1H3,(H,16,17). The highest BCUT2D eigenvalue weighted by Gasteiger charge is 2.58. The first-order chi connectivity index (χ1) is 8.22. The second-order valence-corrected chi connectivity index (χ2v) is 3.76. The number of carboxylic acids is 1. The first-order valence-corrected chi connectivity index (χ1v) is 4.93. The van der Waals surface area contributed by atoms with Crippen LogP contribution < -0.4 is 10.5 Å². The van der Waals surface area contributed by atoms with Gasteiger partial charge in [-0.25, -0.2) is 4.79 Å². The molecule has 18 heavy (non-hydrogen) atoms. The van der Waals surface area contributed by atoms with Crippen LogP contribution >= 0.6 is 0 Å². The molecule has 7 heteroatoms. The largest absolute Gasteiger partial charge is 0.496 e. The fourth-order valence-corrected chi connectivity index (χ4v) is 1.45. The molecule has 0 amide bonds. The Morgan fingerprint density at radius 3 is 2.39 bits per heavy atom. The first-order valence-electron chi connectivity index (χ1n) is 4.93. The minimum Gasteiger partial charge on any atom is -0.496 e. The molecule has 100 valence electrons. The molecular weight excluding hydrogens is 251 g/mol. The van der Waals surface area contributed by atoms with E-state index in [1.807, 2.05) is 0 Å². The number of hydrogen-bond donors (Lipinski definition) is 2. The number of carboxylic acid groups (broad SMARTS) is 1. The van der Waals surface area contributed by atoms with E-state index >= 15 is 0 Å². The van der Waals surface area contributed by atoms with Gasteiger partial charge in [0, 0.05) is 6.42 Å². The average molecular weight is 263 g/mol. The van der Waals surface area contributed by atoms with Crippen LogP contribution in [0.5, 0.6) is 5.75 Å². The molecule has 1 unspecified atom stereocenters. The van der Waals surface area contributed by atoms with Crippen molar-refractivity contribution in [3.05, 3.63) is 29.8 Å². The van der Waals surface area contributed by atoms with E-state index in [-0.39, 0.29) is 11.3 Å². The summed E-state index contributed by atoms with van der Waals surface area (Å²) in [6.45, 7) is 0. The van der Waals surface area contributed by atoms with Gasteiger partial charge in [0.15, 0.2) is 0 Å². The summed E-state index contributed by atoms with van der Waals surface area (Å²) in [7, 11) is 1.28. The van der Waals surface area contributed by atoms with Gasteiger partial charge in [-0.1, -0.05) is 18.2 Å². The van der Waals surface area contributed by atoms with Crippen molar-refractivity contribution in [2.75, 3.05) is 7.11 Å². The monoisotopic (exact) mass is 263 g/mol. The number of nitrogens with two attached hydrogens (primary N) is 1. The number of aliphatic carboxylic acids is 1. The molecule has 0 bridgehead atoms. The number of alkyl halides is 3. The highest BCUT2D eigenvalue weighted by atomic mass is 19.4. The summed E-state index contributed by atoms with van der Waals surface area (Å²) >= 11 is 0. The Balaban J connectivity index is 3.17. The van der Waals surface area contributed by atoms with Crippen LogP contribution in [0.2, 0.25) is 0 Å². The highest BCUT2D eigenvalue weighted by Crippen LogP contribution is 2.33. The summed E-state index contributed by atoms with van der Waals surface area (Å²) in [4.78, 5) is 10.8. The van der Waals surface area contributed by atoms with Crippen molar-refractivity contribution in [2.24, 2.45) is 5.73 Å². The van der Waals surface area contributed by atoms with E-state index in [1.165, 1.54) is 25.3 Å². The lowest BCUT2D eigenvalue weighted by atomic mass is 9.91. The lowest BCUT2D eigenvalue weighted by molar-refractivity contribution is -0.201. The molecule has 0 fully saturated rings. The fraction of sp³-hybridized carbons (Fsp3) is 0.364. The number of rotatable bonds is 4. The Kier molecular flexibility index (Phi) is 3.85. The van der Waals surface area contributed by atoms with Crippen LogP contribution in [0.4, 0.5) is 13.2 Å². The van der Waals surface area contributed by atoms with Gasteiger partial charge in [0.25, 0.3) is 0 Å². The zero-order valence-electron chi connectivity index (χ0n) is 9.49. The van der Waals surface area contributed by atoms with E-state index < -0.39 is 24.1 Å². The van der Waals surface area contributed by atoms with Crippen molar-refractivity contribution in [2.45, 2.75) is 18.1 Å². The van der Waals surface area contributed by atoms with E-state index in [1.54, 1.807) is 6.07 Å². The zero-order valence-corrected chi connectivity index (χ0v) is 9.49. The molecule has 0 radical (unpaired) electrons. The number of halogens is 3. The predicted molar refractivity (Wildman–Crippen MR) is 57.3 cm³/mol. The van der Waals surface area contributed by atoms with Gasteiger partial charge in [0.2, 0.25) is 5.54 Å². The number of methoxy groups -OCH3 is 1. The topological polar surface area (TPSA) is 72.5 Å². The van der Waals surface area contributed by atoms with Crippen molar-refractivity contribution in [1.82, 2.24) is 0 Å². The Morgan fingerprint density at radius 2 is 1.94 bits per heavy atom. The van der Waals surface area contributed by atoms with Crippen LogP contribution in [-0.4, -0.2) is 29.9 Å². The molecule has 1 atom stereocenters. The molecule has 0 spiro atoms. The smallest absolute Gasteiger partial charge is 0.417 e. The fourth-order valence-electron chi connectivity index (χ4n) is 1.45. The lowest BCUT2D eigenvalue weighted by Gasteiger charge is -2.27. The van der Waals surface area contributed by atoms with Gasteiger partial charge in [0.05, 0.1) is 7.11 Å². The van der Waals surface area contributed by atoms with Gasteiger partial charge in [-0.05, 0) is 11.6 Å². The van der Waals surface area contributed by atoms with Gasteiger partial charge in [-0.3, -0.25) is 0 Å². The average Bonchev–Trinajstić information content (AvgIpc) is 2.27. The molecule has 1 aromatic rings. The minimum atomic E-state index is -5.06. The van der Waals surface area contributed by atoms with Crippen molar-refractivity contribution >= 4 is 5.97 Å². The third-order valence-electron chi connectivity index (χ3n) is 2.55. The van der Waals surface area contributed by atoms with Crippen molar-refractivity contribution in [1.29, 1.82) is 0 Å². The Bertz CT molecular complexity index is 447. The highest BCUT2D eigenvalue weighted by molar-refractivity contribution is 5.80. The number of hydrogen-bond acceptors (Lipinski definition) is 3. The van der Waals surface area contributed by atoms with Crippen LogP contribution in [0, 0.1) is 0 Å². The van der Waals surface area contributed by atoms with E-state index in [2.05, 4.69) is 0 Å². The molecular formula is C11H12F3NO3. The number of carbonyl (C=O) groups is 1. The number of para-hydroxylation sites is 1. The SMILES string of the molecule is COc1ccccc1CC(N)(C(=O)O)C(F)(F)F. The molecule has 0 aliphatic rings. The molecule has 4 nitrogen and oxygen atoms in total. The molecule has 0 aliphatic carbocycles. The van der Waals surface area contributed by atoms with Crippen molar-refractivity contribution < 1.29 is 27.8 Å². The van der Waals surface area contributed by atoms with Crippen LogP contribution in [-0.2, 0) is 11.2 Å². The molecule has 0 aliphatic heterocycles. The molecule has 3 N–H and O–H groups in total. The number of ether oxygens (including phenoxy) is 1. The number of benzene rings is 1. The minimum absolute atomic E-state index is 0.0854. The van der Waals surface area contributed by atoms with Gasteiger partial charge < -0.3 is 15.6 Å². The van der Waals surface area contributed by atoms with E-state index in [0.717, 1.165) is 0 Å². The van der Waals surface area contributed by atoms with Gasteiger partial charge in [0.1, 0.15) is 5.75 Å². The van der Waals surface area contributed by atoms with E-state index in [0.29, 0.717) is 0 Å². The zero-order chi connectivity index (χ0) is 14.0. The van der Waals surface area contributed by atoms with Crippen LogP contribution in [0.15, 0.2) is 24.3 Å². The molecule has 0 saturated carbocycles. The van der Waals surface area contributed by atoms with Gasteiger partial charge in [-0.15, -0.1) is 0 Å². The second kappa shape index (κ2) is 4.85. The lowest BCUT2D eigenvalue weighted by Crippen LogP contribution is -2.61. The van der Waals surface area contributed by atoms with Crippen molar-refractivity contribution in [3.63, 3.8) is 0 Å². The second-order valence-electron chi connectivity index (χ2n) is 3.76. The summed E-state index contributed by atoms with van der Waals surface area (Å²) in [6.07, 6.45) is -5.95. The maximum atomic E-state index is 12.7. The third kappa shape index (κ3) is 2.56. The van der Waals surface area contributed by atoms with Crippen molar-refractivity contribution in [3.8, 4) is 5.75 Å². The summed E-state index contributed by atoms with van der Waals surface area (Å²) in [5, 5.41) is 8.71. The Morgan fingerprint density at radius 1 is 1.39 bits per heavy atom. The maximum Gasteiger partial charge on any atom is 0.417 e. The normalized spacial score (nSPS) is 14.9. The van der Waals surface area contributed by atoms with Gasteiger partial charge >= 0.3 is 12.1 Å². The molecule has 1 rings (SSSR count). The van der Waals surface area contributed by atoms with E-state index in [4.69, 9.17) is 15.6 Å². The maximum absolute atomic E-state index is 12.7. The Labute approximate surface area is 101 Å². The molecule has 0 saturated heterocycles. The summed E-state index contributed by atoms with van der Waals surface area (Å²) in [5.41, 5.74) is 1.75. The van der Waals surface area contributed by atoms with Crippen LogP contribution in [0.1, 0.15) is 5.56 Å².